The van der Waals surface area contributed by atoms with Gasteiger partial charge >= 0.3 is 0 Å². The van der Waals surface area contributed by atoms with Crippen LogP contribution < -0.4 is 4.74 Å². The Morgan fingerprint density at radius 1 is 0.696 bits per heavy atom. The first-order chi connectivity index (χ1) is 22.6. The number of ether oxygens (including phenoxy) is 1. The summed E-state index contributed by atoms with van der Waals surface area (Å²) in [5.41, 5.74) is 9.28. The summed E-state index contributed by atoms with van der Waals surface area (Å²) in [6.07, 6.45) is 8.56. The summed E-state index contributed by atoms with van der Waals surface area (Å²) in [6.45, 7) is 6.56. The molecule has 0 fully saturated rings. The highest BCUT2D eigenvalue weighted by Crippen LogP contribution is 2.36. The second kappa shape index (κ2) is 13.1. The lowest BCUT2D eigenvalue weighted by Crippen LogP contribution is -2.04. The molecule has 0 saturated carbocycles. The molecule has 0 amide bonds. The number of fused-ring (bicyclic) bond motifs is 3. The summed E-state index contributed by atoms with van der Waals surface area (Å²) in [6, 6.07) is 38.1. The van der Waals surface area contributed by atoms with Crippen molar-refractivity contribution in [2.24, 2.45) is 0 Å². The van der Waals surface area contributed by atoms with Crippen LogP contribution >= 0.6 is 0 Å². The van der Waals surface area contributed by atoms with Crippen molar-refractivity contribution in [1.29, 1.82) is 0 Å². The van der Waals surface area contributed by atoms with Gasteiger partial charge in [0.05, 0.1) is 28.1 Å². The molecular weight excluding hydrogens is 564 g/mol. The van der Waals surface area contributed by atoms with Crippen molar-refractivity contribution < 1.29 is 4.74 Å². The lowest BCUT2D eigenvalue weighted by atomic mass is 9.98. The second-order valence-corrected chi connectivity index (χ2v) is 12.0. The van der Waals surface area contributed by atoms with E-state index in [2.05, 4.69) is 127 Å². The molecule has 0 radical (unpaired) electrons. The van der Waals surface area contributed by atoms with Crippen LogP contribution in [0.3, 0.4) is 0 Å². The summed E-state index contributed by atoms with van der Waals surface area (Å²) in [7, 11) is 0. The van der Waals surface area contributed by atoms with Crippen LogP contribution in [-0.4, -0.2) is 19.3 Å². The minimum Gasteiger partial charge on any atom is -0.457 e. The molecule has 0 N–H and O–H groups in total. The minimum absolute atomic E-state index is 0.778. The molecule has 0 saturated heterocycles. The van der Waals surface area contributed by atoms with Gasteiger partial charge in [-0.1, -0.05) is 87.7 Å². The molecule has 3 aromatic heterocycles. The SMILES string of the molecule is CCCCCCc1c(-c2ccccc2)c(CC)nn1-c1cccc(Oc2ccc3c4ccccc4n(-c4cc(C)ccn4)c3c2)c1. The second-order valence-electron chi connectivity index (χ2n) is 12.0. The summed E-state index contributed by atoms with van der Waals surface area (Å²) < 4.78 is 11.0. The Hall–Kier alpha value is -5.16. The van der Waals surface area contributed by atoms with Crippen molar-refractivity contribution in [3.05, 3.63) is 132 Å². The van der Waals surface area contributed by atoms with Crippen LogP contribution in [0.4, 0.5) is 0 Å². The fourth-order valence-electron chi connectivity index (χ4n) is 6.57. The van der Waals surface area contributed by atoms with Crippen molar-refractivity contribution in [2.45, 2.75) is 59.3 Å². The first-order valence-electron chi connectivity index (χ1n) is 16.5. The van der Waals surface area contributed by atoms with Gasteiger partial charge in [-0.05, 0) is 79.8 Å². The topological polar surface area (TPSA) is 44.9 Å². The number of aromatic nitrogens is 4. The third-order valence-electron chi connectivity index (χ3n) is 8.79. The average molecular weight is 605 g/mol. The van der Waals surface area contributed by atoms with E-state index >= 15 is 0 Å². The highest BCUT2D eigenvalue weighted by molar-refractivity contribution is 6.09. The molecule has 0 spiro atoms. The monoisotopic (exact) mass is 604 g/mol. The zero-order valence-electron chi connectivity index (χ0n) is 26.9. The molecule has 5 nitrogen and oxygen atoms in total. The van der Waals surface area contributed by atoms with Gasteiger partial charge in [0.2, 0.25) is 0 Å². The van der Waals surface area contributed by atoms with E-state index in [1.54, 1.807) is 0 Å². The maximum absolute atomic E-state index is 6.59. The summed E-state index contributed by atoms with van der Waals surface area (Å²) in [5.74, 6) is 2.46. The van der Waals surface area contributed by atoms with Gasteiger partial charge in [-0.25, -0.2) is 9.67 Å². The van der Waals surface area contributed by atoms with Gasteiger partial charge in [-0.3, -0.25) is 4.57 Å². The van der Waals surface area contributed by atoms with Gasteiger partial charge in [-0.15, -0.1) is 0 Å². The smallest absolute Gasteiger partial charge is 0.137 e. The van der Waals surface area contributed by atoms with E-state index in [0.717, 1.165) is 59.0 Å². The van der Waals surface area contributed by atoms with Crippen molar-refractivity contribution >= 4 is 21.8 Å². The van der Waals surface area contributed by atoms with Crippen LogP contribution in [0.5, 0.6) is 11.5 Å². The molecule has 0 unspecified atom stereocenters. The standard InChI is InChI=1S/C41H40N4O/c1-4-6-7-11-21-38-41(30-15-9-8-10-16-30)36(5-2)43-45(38)31-17-14-18-32(27-31)46-33-22-23-35-34-19-12-13-20-37(34)44(39(35)28-33)40-26-29(3)24-25-42-40/h8-10,12-20,22-28H,4-7,11,21H2,1-3H3. The van der Waals surface area contributed by atoms with E-state index in [4.69, 9.17) is 14.8 Å². The molecule has 46 heavy (non-hydrogen) atoms. The number of aryl methyl sites for hydroxylation is 2. The number of hydrogen-bond donors (Lipinski definition) is 0. The fraction of sp³-hybridized carbons (Fsp3) is 0.220. The zero-order valence-corrected chi connectivity index (χ0v) is 26.9. The lowest BCUT2D eigenvalue weighted by molar-refractivity contribution is 0.482. The maximum Gasteiger partial charge on any atom is 0.137 e. The van der Waals surface area contributed by atoms with Crippen molar-refractivity contribution in [3.8, 4) is 34.1 Å². The van der Waals surface area contributed by atoms with E-state index < -0.39 is 0 Å². The zero-order chi connectivity index (χ0) is 31.5. The highest BCUT2D eigenvalue weighted by Gasteiger charge is 2.20. The fourth-order valence-corrected chi connectivity index (χ4v) is 6.57. The van der Waals surface area contributed by atoms with E-state index in [9.17, 15) is 0 Å². The number of pyridine rings is 1. The van der Waals surface area contributed by atoms with Crippen molar-refractivity contribution in [3.63, 3.8) is 0 Å². The Balaban J connectivity index is 1.28. The molecule has 7 aromatic rings. The molecule has 230 valence electrons. The van der Waals surface area contributed by atoms with E-state index in [0.29, 0.717) is 0 Å². The molecule has 0 aliphatic carbocycles. The minimum atomic E-state index is 0.778. The van der Waals surface area contributed by atoms with Gasteiger partial charge in [0.25, 0.3) is 0 Å². The molecule has 0 aliphatic heterocycles. The van der Waals surface area contributed by atoms with Gasteiger partial charge in [0.15, 0.2) is 0 Å². The largest absolute Gasteiger partial charge is 0.457 e. The number of para-hydroxylation sites is 1. The molecule has 0 aliphatic rings. The van der Waals surface area contributed by atoms with E-state index in [1.807, 2.05) is 18.3 Å². The number of rotatable bonds is 11. The molecule has 0 bridgehead atoms. The van der Waals surface area contributed by atoms with Crippen LogP contribution in [0.2, 0.25) is 0 Å². The van der Waals surface area contributed by atoms with Crippen LogP contribution in [0.15, 0.2) is 115 Å². The van der Waals surface area contributed by atoms with Crippen LogP contribution in [0.25, 0.3) is 44.4 Å². The van der Waals surface area contributed by atoms with Crippen molar-refractivity contribution in [2.75, 3.05) is 0 Å². The Morgan fingerprint density at radius 2 is 1.50 bits per heavy atom. The van der Waals surface area contributed by atoms with Gasteiger partial charge in [-0.2, -0.15) is 5.10 Å². The average Bonchev–Trinajstić information content (AvgIpc) is 3.62. The first-order valence-corrected chi connectivity index (χ1v) is 16.5. The van der Waals surface area contributed by atoms with Crippen LogP contribution in [-0.2, 0) is 12.8 Å². The number of hydrogen-bond acceptors (Lipinski definition) is 3. The summed E-state index contributed by atoms with van der Waals surface area (Å²) >= 11 is 0. The Labute approximate surface area is 271 Å². The first kappa shape index (κ1) is 29.5. The predicted molar refractivity (Wildman–Crippen MR) is 190 cm³/mol. The molecule has 4 aromatic carbocycles. The Kier molecular flexibility index (Phi) is 8.39. The summed E-state index contributed by atoms with van der Waals surface area (Å²) in [5, 5.41) is 7.56. The molecule has 7 rings (SSSR count). The van der Waals surface area contributed by atoms with Gasteiger partial charge in [0, 0.05) is 34.7 Å². The summed E-state index contributed by atoms with van der Waals surface area (Å²) in [4.78, 5) is 4.73. The third-order valence-corrected chi connectivity index (χ3v) is 8.79. The van der Waals surface area contributed by atoms with Crippen LogP contribution in [0.1, 0.15) is 56.5 Å². The van der Waals surface area contributed by atoms with Crippen LogP contribution in [0, 0.1) is 6.92 Å². The number of unbranched alkanes of at least 4 members (excludes halogenated alkanes) is 3. The molecule has 0 atom stereocenters. The predicted octanol–water partition coefficient (Wildman–Crippen LogP) is 10.8. The van der Waals surface area contributed by atoms with Crippen molar-refractivity contribution in [1.82, 2.24) is 19.3 Å². The van der Waals surface area contributed by atoms with Gasteiger partial charge < -0.3 is 4.74 Å². The molecule has 5 heteroatoms. The molecular formula is C41H40N4O. The normalized spacial score (nSPS) is 11.5. The Bertz CT molecular complexity index is 2120. The quantitative estimate of drug-likeness (QED) is 0.138. The number of benzene rings is 4. The Morgan fingerprint density at radius 3 is 2.33 bits per heavy atom. The highest BCUT2D eigenvalue weighted by atomic mass is 16.5. The maximum atomic E-state index is 6.59. The number of nitrogens with zero attached hydrogens (tertiary/aromatic N) is 4. The third kappa shape index (κ3) is 5.69. The van der Waals surface area contributed by atoms with E-state index in [1.165, 1.54) is 52.4 Å². The lowest BCUT2D eigenvalue weighted by Gasteiger charge is -2.13. The van der Waals surface area contributed by atoms with E-state index in [-0.39, 0.29) is 0 Å². The van der Waals surface area contributed by atoms with Gasteiger partial charge in [0.1, 0.15) is 17.3 Å². The molecule has 3 heterocycles.